The van der Waals surface area contributed by atoms with Crippen LogP contribution in [0.15, 0.2) is 0 Å². The first-order chi connectivity index (χ1) is 13.8. The van der Waals surface area contributed by atoms with Gasteiger partial charge in [-0.15, -0.1) is 0 Å². The van der Waals surface area contributed by atoms with Crippen molar-refractivity contribution in [1.82, 2.24) is 0 Å². The third kappa shape index (κ3) is 13.6. The number of hydrogen-bond donors (Lipinski definition) is 2. The van der Waals surface area contributed by atoms with Gasteiger partial charge in [0.1, 0.15) is 0 Å². The minimum Gasteiger partial charge on any atom is -0.465 e. The van der Waals surface area contributed by atoms with Gasteiger partial charge < -0.3 is 14.6 Å². The second-order valence-electron chi connectivity index (χ2n) is 7.25. The van der Waals surface area contributed by atoms with Crippen molar-refractivity contribution in [2.75, 3.05) is 13.2 Å². The average Bonchev–Trinajstić information content (AvgIpc) is 2.65. The first-order valence-electron chi connectivity index (χ1n) is 10.7. The van der Waals surface area contributed by atoms with E-state index in [1.165, 1.54) is 0 Å². The van der Waals surface area contributed by atoms with Crippen molar-refractivity contribution < 1.29 is 37.1 Å². The molecule has 8 nitrogen and oxygen atoms in total. The quantitative estimate of drug-likeness (QED) is 0.189. The molecule has 29 heavy (non-hydrogen) atoms. The van der Waals surface area contributed by atoms with Crippen LogP contribution in [0.5, 0.6) is 0 Å². The van der Waals surface area contributed by atoms with Crippen LogP contribution in [0.3, 0.4) is 0 Å². The number of aliphatic hydroxyl groups excluding tert-OH is 1. The molecule has 0 heterocycles. The number of carbonyl (C=O) groups is 2. The highest BCUT2D eigenvalue weighted by Gasteiger charge is 2.44. The van der Waals surface area contributed by atoms with Crippen LogP contribution in [0.4, 0.5) is 0 Å². The Morgan fingerprint density at radius 2 is 1.10 bits per heavy atom. The lowest BCUT2D eigenvalue weighted by molar-refractivity contribution is -0.159. The van der Waals surface area contributed by atoms with E-state index in [0.29, 0.717) is 12.8 Å². The van der Waals surface area contributed by atoms with Gasteiger partial charge in [-0.3, -0.25) is 9.35 Å². The number of rotatable bonds is 18. The van der Waals surface area contributed by atoms with Gasteiger partial charge in [-0.2, -0.15) is 8.42 Å². The molecule has 0 amide bonds. The second-order valence-corrected chi connectivity index (χ2v) is 8.79. The van der Waals surface area contributed by atoms with Gasteiger partial charge in [-0.25, -0.2) is 4.79 Å². The normalized spacial score (nSPS) is 13.7. The highest BCUT2D eigenvalue weighted by molar-refractivity contribution is 7.87. The molecule has 0 aromatic carbocycles. The van der Waals surface area contributed by atoms with Crippen LogP contribution in [-0.4, -0.2) is 54.6 Å². The Morgan fingerprint density at radius 1 is 0.724 bits per heavy atom. The largest absolute Gasteiger partial charge is 0.465 e. The Bertz CT molecular complexity index is 547. The summed E-state index contributed by atoms with van der Waals surface area (Å²) >= 11 is 0. The van der Waals surface area contributed by atoms with Crippen LogP contribution in [0.2, 0.25) is 0 Å². The molecule has 2 N–H and O–H groups in total. The molecule has 0 saturated carbocycles. The van der Waals surface area contributed by atoms with E-state index in [0.717, 1.165) is 64.2 Å². The van der Waals surface area contributed by atoms with E-state index in [9.17, 15) is 27.7 Å². The van der Waals surface area contributed by atoms with Crippen molar-refractivity contribution in [3.05, 3.63) is 0 Å². The van der Waals surface area contributed by atoms with Gasteiger partial charge in [0.25, 0.3) is 10.1 Å². The zero-order valence-electron chi connectivity index (χ0n) is 17.8. The van der Waals surface area contributed by atoms with Crippen LogP contribution in [0.25, 0.3) is 0 Å². The number of carbonyl (C=O) groups excluding carboxylic acids is 2. The molecule has 0 saturated heterocycles. The number of hydrogen-bond acceptors (Lipinski definition) is 7. The molecule has 0 radical (unpaired) electrons. The van der Waals surface area contributed by atoms with Crippen molar-refractivity contribution in [3.8, 4) is 0 Å². The smallest absolute Gasteiger partial charge is 0.337 e. The summed E-state index contributed by atoms with van der Waals surface area (Å²) in [4.78, 5) is 23.9. The van der Waals surface area contributed by atoms with E-state index < -0.39 is 33.4 Å². The molecular formula is C20H38O8S. The van der Waals surface area contributed by atoms with Crippen molar-refractivity contribution in [3.63, 3.8) is 0 Å². The third-order valence-corrected chi connectivity index (χ3v) is 5.66. The predicted molar refractivity (Wildman–Crippen MR) is 110 cm³/mol. The molecule has 0 aromatic heterocycles. The number of esters is 2. The summed E-state index contributed by atoms with van der Waals surface area (Å²) in [5.41, 5.74) is 0. The number of aliphatic hydroxyl groups is 1. The lowest BCUT2D eigenvalue weighted by atomic mass is 10.1. The molecule has 0 bridgehead atoms. The number of ether oxygens (including phenoxy) is 2. The topological polar surface area (TPSA) is 127 Å². The lowest BCUT2D eigenvalue weighted by Crippen LogP contribution is -2.46. The average molecular weight is 439 g/mol. The highest BCUT2D eigenvalue weighted by Crippen LogP contribution is 2.12. The molecule has 172 valence electrons. The Kier molecular flexibility index (Phi) is 15.9. The van der Waals surface area contributed by atoms with Gasteiger partial charge in [0.15, 0.2) is 6.10 Å². The molecule has 0 aliphatic heterocycles. The summed E-state index contributed by atoms with van der Waals surface area (Å²) in [6.07, 6.45) is 9.03. The predicted octanol–water partition coefficient (Wildman–Crippen LogP) is 3.41. The molecule has 2 unspecified atom stereocenters. The van der Waals surface area contributed by atoms with Crippen molar-refractivity contribution in [2.45, 2.75) is 102 Å². The zero-order chi connectivity index (χ0) is 22.1. The molecule has 0 spiro atoms. The van der Waals surface area contributed by atoms with Crippen LogP contribution in [0, 0.1) is 0 Å². The van der Waals surface area contributed by atoms with Gasteiger partial charge in [-0.1, -0.05) is 78.1 Å². The van der Waals surface area contributed by atoms with E-state index in [1.54, 1.807) is 0 Å². The Morgan fingerprint density at radius 3 is 1.52 bits per heavy atom. The van der Waals surface area contributed by atoms with Gasteiger partial charge in [0.2, 0.25) is 5.25 Å². The van der Waals surface area contributed by atoms with Crippen molar-refractivity contribution in [1.29, 1.82) is 0 Å². The minimum atomic E-state index is -5.03. The molecule has 0 fully saturated rings. The Hall–Kier alpha value is -1.19. The molecule has 0 aromatic rings. The van der Waals surface area contributed by atoms with Gasteiger partial charge >= 0.3 is 11.9 Å². The van der Waals surface area contributed by atoms with Crippen molar-refractivity contribution in [2.24, 2.45) is 0 Å². The third-order valence-electron chi connectivity index (χ3n) is 4.57. The van der Waals surface area contributed by atoms with E-state index in [4.69, 9.17) is 9.47 Å². The highest BCUT2D eigenvalue weighted by atomic mass is 32.2. The maximum Gasteiger partial charge on any atom is 0.337 e. The summed E-state index contributed by atoms with van der Waals surface area (Å²) in [6.45, 7) is 4.16. The second kappa shape index (κ2) is 16.6. The fourth-order valence-electron chi connectivity index (χ4n) is 2.81. The van der Waals surface area contributed by atoms with Crippen LogP contribution in [-0.2, 0) is 29.2 Å². The molecule has 0 aliphatic rings. The number of unbranched alkanes of at least 4 members (excludes halogenated alkanes) is 10. The summed E-state index contributed by atoms with van der Waals surface area (Å²) in [7, 11) is -5.03. The molecular weight excluding hydrogens is 400 g/mol. The summed E-state index contributed by atoms with van der Waals surface area (Å²) in [5, 5.41) is 7.54. The van der Waals surface area contributed by atoms with E-state index in [-0.39, 0.29) is 13.2 Å². The van der Waals surface area contributed by atoms with Crippen LogP contribution < -0.4 is 0 Å². The Labute approximate surface area is 175 Å². The van der Waals surface area contributed by atoms with E-state index in [1.807, 2.05) is 0 Å². The zero-order valence-corrected chi connectivity index (χ0v) is 18.6. The first kappa shape index (κ1) is 27.8. The van der Waals surface area contributed by atoms with Crippen LogP contribution in [0.1, 0.15) is 90.9 Å². The summed E-state index contributed by atoms with van der Waals surface area (Å²) in [5.74, 6) is -2.62. The fourth-order valence-corrected chi connectivity index (χ4v) is 3.56. The molecule has 0 rings (SSSR count). The van der Waals surface area contributed by atoms with E-state index >= 15 is 0 Å². The van der Waals surface area contributed by atoms with Gasteiger partial charge in [0.05, 0.1) is 13.2 Å². The van der Waals surface area contributed by atoms with E-state index in [2.05, 4.69) is 13.8 Å². The first-order valence-corrected chi connectivity index (χ1v) is 12.2. The monoisotopic (exact) mass is 438 g/mol. The fraction of sp³-hybridized carbons (Fsp3) is 0.900. The summed E-state index contributed by atoms with van der Waals surface area (Å²) < 4.78 is 41.9. The standard InChI is InChI=1S/C20H38O8S/c1-3-5-7-9-11-13-15-27-19(22)17(21)18(29(24,25)26)20(23)28-16-14-12-10-8-6-4-2/h17-18,21H,3-16H2,1-2H3,(H,24,25,26). The minimum absolute atomic E-state index is 0.00697. The Balaban J connectivity index is 4.38. The lowest BCUT2D eigenvalue weighted by Gasteiger charge is -2.18. The molecule has 2 atom stereocenters. The van der Waals surface area contributed by atoms with Crippen molar-refractivity contribution >= 4 is 22.1 Å². The maximum absolute atomic E-state index is 12.0. The maximum atomic E-state index is 12.0. The van der Waals surface area contributed by atoms with Gasteiger partial charge in [0, 0.05) is 0 Å². The summed E-state index contributed by atoms with van der Waals surface area (Å²) in [6, 6.07) is 0. The van der Waals surface area contributed by atoms with Crippen LogP contribution >= 0.6 is 0 Å². The molecule has 0 aliphatic carbocycles. The molecule has 9 heteroatoms. The SMILES string of the molecule is CCCCCCCCOC(=O)C(O)C(C(=O)OCCCCCCCC)S(=O)(=O)O. The van der Waals surface area contributed by atoms with Gasteiger partial charge in [-0.05, 0) is 12.8 Å².